The molecule has 1 heterocycles. The summed E-state index contributed by atoms with van der Waals surface area (Å²) >= 11 is 0. The van der Waals surface area contributed by atoms with Crippen LogP contribution in [0.15, 0.2) is 54.7 Å². The third-order valence-electron chi connectivity index (χ3n) is 4.23. The average Bonchev–Trinajstić information content (AvgIpc) is 2.49. The third kappa shape index (κ3) is 2.32. The van der Waals surface area contributed by atoms with E-state index < -0.39 is 5.60 Å². The summed E-state index contributed by atoms with van der Waals surface area (Å²) in [5.41, 5.74) is 3.93. The second-order valence-electron chi connectivity index (χ2n) is 5.75. The summed E-state index contributed by atoms with van der Waals surface area (Å²) in [5.74, 6) is 0. The fourth-order valence-electron chi connectivity index (χ4n) is 2.70. The van der Waals surface area contributed by atoms with Crippen LogP contribution in [0, 0.1) is 13.8 Å². The van der Waals surface area contributed by atoms with Crippen LogP contribution in [0.1, 0.15) is 29.2 Å². The molecular weight excluding hydrogens is 258 g/mol. The molecule has 0 fully saturated rings. The Hall–Kier alpha value is -2.19. The van der Waals surface area contributed by atoms with E-state index in [9.17, 15) is 5.11 Å². The first kappa shape index (κ1) is 13.8. The molecule has 2 heteroatoms. The van der Waals surface area contributed by atoms with E-state index in [4.69, 9.17) is 0 Å². The second-order valence-corrected chi connectivity index (χ2v) is 5.75. The summed E-state index contributed by atoms with van der Waals surface area (Å²) in [6.45, 7) is 5.98. The van der Waals surface area contributed by atoms with Crippen LogP contribution in [0.2, 0.25) is 0 Å². The highest BCUT2D eigenvalue weighted by Gasteiger charge is 2.28. The topological polar surface area (TPSA) is 33.1 Å². The van der Waals surface area contributed by atoms with Gasteiger partial charge in [-0.05, 0) is 43.5 Å². The van der Waals surface area contributed by atoms with E-state index in [1.807, 2.05) is 43.3 Å². The van der Waals surface area contributed by atoms with Gasteiger partial charge in [0.2, 0.25) is 0 Å². The van der Waals surface area contributed by atoms with E-state index in [0.29, 0.717) is 0 Å². The molecule has 1 atom stereocenters. The zero-order valence-corrected chi connectivity index (χ0v) is 12.6. The van der Waals surface area contributed by atoms with Gasteiger partial charge in [-0.3, -0.25) is 4.98 Å². The molecule has 106 valence electrons. The lowest BCUT2D eigenvalue weighted by Gasteiger charge is -2.26. The molecule has 1 aromatic heterocycles. The van der Waals surface area contributed by atoms with E-state index in [0.717, 1.165) is 22.0 Å². The van der Waals surface area contributed by atoms with Crippen LogP contribution < -0.4 is 0 Å². The van der Waals surface area contributed by atoms with Crippen molar-refractivity contribution in [1.29, 1.82) is 0 Å². The monoisotopic (exact) mass is 277 g/mol. The Labute approximate surface area is 125 Å². The maximum Gasteiger partial charge on any atom is 0.114 e. The van der Waals surface area contributed by atoms with Gasteiger partial charge >= 0.3 is 0 Å². The van der Waals surface area contributed by atoms with Gasteiger partial charge in [0, 0.05) is 17.1 Å². The van der Waals surface area contributed by atoms with Gasteiger partial charge in [0.25, 0.3) is 0 Å². The van der Waals surface area contributed by atoms with Gasteiger partial charge in [0.1, 0.15) is 5.60 Å². The molecule has 1 N–H and O–H groups in total. The molecule has 0 bridgehead atoms. The fourth-order valence-corrected chi connectivity index (χ4v) is 2.70. The van der Waals surface area contributed by atoms with Gasteiger partial charge in [-0.2, -0.15) is 0 Å². The van der Waals surface area contributed by atoms with Crippen LogP contribution in [0.3, 0.4) is 0 Å². The lowest BCUT2D eigenvalue weighted by Crippen LogP contribution is -2.23. The maximum atomic E-state index is 11.1. The smallest absolute Gasteiger partial charge is 0.114 e. The lowest BCUT2D eigenvalue weighted by atomic mass is 9.85. The van der Waals surface area contributed by atoms with Gasteiger partial charge in [-0.25, -0.2) is 0 Å². The Morgan fingerprint density at radius 2 is 1.71 bits per heavy atom. The minimum absolute atomic E-state index is 0.837. The van der Waals surface area contributed by atoms with Crippen LogP contribution in [0.4, 0.5) is 0 Å². The fraction of sp³-hybridized carbons (Fsp3) is 0.211. The highest BCUT2D eigenvalue weighted by atomic mass is 16.3. The second kappa shape index (κ2) is 4.97. The number of aromatic nitrogens is 1. The molecule has 0 radical (unpaired) electrons. The number of hydrogen-bond donors (Lipinski definition) is 1. The number of pyridine rings is 1. The van der Waals surface area contributed by atoms with Crippen LogP contribution in [-0.2, 0) is 5.60 Å². The Morgan fingerprint density at radius 3 is 2.48 bits per heavy atom. The summed E-state index contributed by atoms with van der Waals surface area (Å²) < 4.78 is 0. The number of nitrogens with zero attached hydrogens (tertiary/aromatic N) is 1. The van der Waals surface area contributed by atoms with Crippen molar-refractivity contribution in [2.45, 2.75) is 26.4 Å². The van der Waals surface area contributed by atoms with Crippen molar-refractivity contribution in [2.24, 2.45) is 0 Å². The van der Waals surface area contributed by atoms with E-state index in [1.54, 1.807) is 6.20 Å². The van der Waals surface area contributed by atoms with Gasteiger partial charge in [0.05, 0.1) is 5.52 Å². The van der Waals surface area contributed by atoms with Gasteiger partial charge in [-0.1, -0.05) is 42.5 Å². The predicted molar refractivity (Wildman–Crippen MR) is 86.3 cm³/mol. The average molecular weight is 277 g/mol. The van der Waals surface area contributed by atoms with Crippen molar-refractivity contribution in [3.8, 4) is 0 Å². The molecule has 2 aromatic carbocycles. The van der Waals surface area contributed by atoms with Crippen LogP contribution >= 0.6 is 0 Å². The van der Waals surface area contributed by atoms with Gasteiger partial charge < -0.3 is 5.11 Å². The summed E-state index contributed by atoms with van der Waals surface area (Å²) in [6, 6.07) is 16.0. The van der Waals surface area contributed by atoms with E-state index in [1.165, 1.54) is 11.1 Å². The summed E-state index contributed by atoms with van der Waals surface area (Å²) in [6.07, 6.45) is 1.77. The number of aliphatic hydroxyl groups is 1. The Balaban J connectivity index is 2.22. The molecule has 0 spiro atoms. The minimum Gasteiger partial charge on any atom is -0.381 e. The molecule has 0 aliphatic carbocycles. The highest BCUT2D eigenvalue weighted by molar-refractivity contribution is 5.82. The largest absolute Gasteiger partial charge is 0.381 e. The Bertz CT molecular complexity index is 800. The molecule has 0 saturated heterocycles. The Kier molecular flexibility index (Phi) is 3.26. The number of para-hydroxylation sites is 1. The van der Waals surface area contributed by atoms with Gasteiger partial charge in [-0.15, -0.1) is 0 Å². The first-order valence-corrected chi connectivity index (χ1v) is 7.14. The van der Waals surface area contributed by atoms with Crippen molar-refractivity contribution in [3.63, 3.8) is 0 Å². The molecule has 0 saturated carbocycles. The summed E-state index contributed by atoms with van der Waals surface area (Å²) in [5, 5.41) is 12.2. The van der Waals surface area contributed by atoms with Crippen molar-refractivity contribution in [1.82, 2.24) is 4.98 Å². The van der Waals surface area contributed by atoms with Crippen LogP contribution in [-0.4, -0.2) is 10.1 Å². The predicted octanol–water partition coefficient (Wildman–Crippen LogP) is 4.11. The number of aryl methyl sites for hydroxylation is 2. The number of hydrogen-bond acceptors (Lipinski definition) is 2. The SMILES string of the molecule is Cc1ccc(C(C)(O)c2cccc3cccnc23)cc1C. The van der Waals surface area contributed by atoms with Crippen LogP contribution in [0.25, 0.3) is 10.9 Å². The first-order chi connectivity index (χ1) is 10.00. The summed E-state index contributed by atoms with van der Waals surface area (Å²) in [7, 11) is 0. The number of fused-ring (bicyclic) bond motifs is 1. The molecule has 1 unspecified atom stereocenters. The molecule has 2 nitrogen and oxygen atoms in total. The molecular formula is C19H19NO. The molecule has 21 heavy (non-hydrogen) atoms. The zero-order chi connectivity index (χ0) is 15.0. The number of benzene rings is 2. The minimum atomic E-state index is -1.06. The van der Waals surface area contributed by atoms with Crippen LogP contribution in [0.5, 0.6) is 0 Å². The number of rotatable bonds is 2. The normalized spacial score (nSPS) is 14.1. The molecule has 0 aliphatic heterocycles. The summed E-state index contributed by atoms with van der Waals surface area (Å²) in [4.78, 5) is 4.45. The third-order valence-corrected chi connectivity index (χ3v) is 4.23. The molecule has 3 aromatic rings. The quantitative estimate of drug-likeness (QED) is 0.764. The highest BCUT2D eigenvalue weighted by Crippen LogP contribution is 2.33. The molecule has 0 aliphatic rings. The van der Waals surface area contributed by atoms with E-state index in [2.05, 4.69) is 31.0 Å². The van der Waals surface area contributed by atoms with E-state index >= 15 is 0 Å². The molecule has 3 rings (SSSR count). The van der Waals surface area contributed by atoms with E-state index in [-0.39, 0.29) is 0 Å². The van der Waals surface area contributed by atoms with Crippen molar-refractivity contribution >= 4 is 10.9 Å². The molecule has 0 amide bonds. The Morgan fingerprint density at radius 1 is 0.952 bits per heavy atom. The standard InChI is InChI=1S/C19H19NO/c1-13-9-10-16(12-14(13)2)19(3,21)17-8-4-6-15-7-5-11-20-18(15)17/h4-12,21H,1-3H3. The first-order valence-electron chi connectivity index (χ1n) is 7.14. The van der Waals surface area contributed by atoms with Gasteiger partial charge in [0.15, 0.2) is 0 Å². The maximum absolute atomic E-state index is 11.1. The lowest BCUT2D eigenvalue weighted by molar-refractivity contribution is 0.104. The van der Waals surface area contributed by atoms with Crippen molar-refractivity contribution in [2.75, 3.05) is 0 Å². The zero-order valence-electron chi connectivity index (χ0n) is 12.6. The van der Waals surface area contributed by atoms with Crippen molar-refractivity contribution < 1.29 is 5.11 Å². The van der Waals surface area contributed by atoms with Crippen molar-refractivity contribution in [3.05, 3.63) is 77.0 Å².